The molecule has 1 aromatic heterocycles. The molecule has 3 aromatic rings. The van der Waals surface area contributed by atoms with Gasteiger partial charge in [-0.15, -0.1) is 0 Å². The zero-order chi connectivity index (χ0) is 17.8. The standard InChI is InChI=1S/C20H15NO5/c22-19(17-14-7-8-15(26-14)18(17)20(23)24)21-10-5-6-12-11-3-1-2-4-13(11)25-16(12)9-10/h1-9,14-15,17-18H,(H,21,22)(H,23,24)/t14-,15+,17-,18-/m0/s1. The monoisotopic (exact) mass is 349 g/mol. The molecule has 2 aromatic carbocycles. The lowest BCUT2D eigenvalue weighted by atomic mass is 9.82. The molecule has 0 aliphatic carbocycles. The number of anilines is 1. The lowest BCUT2D eigenvalue weighted by molar-refractivity contribution is -0.145. The third kappa shape index (κ3) is 2.16. The van der Waals surface area contributed by atoms with Crippen LogP contribution in [0.2, 0.25) is 0 Å². The van der Waals surface area contributed by atoms with E-state index in [0.717, 1.165) is 16.4 Å². The minimum Gasteiger partial charge on any atom is -0.481 e. The minimum absolute atomic E-state index is 0.357. The van der Waals surface area contributed by atoms with Crippen LogP contribution in [-0.2, 0) is 14.3 Å². The predicted octanol–water partition coefficient (Wildman–Crippen LogP) is 3.18. The van der Waals surface area contributed by atoms with Crippen molar-refractivity contribution in [2.45, 2.75) is 12.2 Å². The van der Waals surface area contributed by atoms with E-state index < -0.39 is 30.0 Å². The van der Waals surface area contributed by atoms with Gasteiger partial charge in [0.25, 0.3) is 0 Å². The molecule has 130 valence electrons. The molecule has 0 saturated carbocycles. The number of aliphatic carboxylic acids is 1. The summed E-state index contributed by atoms with van der Waals surface area (Å²) in [7, 11) is 0. The van der Waals surface area contributed by atoms with E-state index in [1.807, 2.05) is 30.3 Å². The van der Waals surface area contributed by atoms with E-state index >= 15 is 0 Å². The van der Waals surface area contributed by atoms with E-state index in [0.29, 0.717) is 11.3 Å². The Kier molecular flexibility index (Phi) is 3.17. The minimum atomic E-state index is -1.02. The molecule has 6 nitrogen and oxygen atoms in total. The van der Waals surface area contributed by atoms with Crippen molar-refractivity contribution >= 4 is 39.5 Å². The zero-order valence-corrected chi connectivity index (χ0v) is 13.6. The number of carbonyl (C=O) groups is 2. The van der Waals surface area contributed by atoms with Gasteiger partial charge in [0.1, 0.15) is 17.1 Å². The first-order valence-electron chi connectivity index (χ1n) is 8.40. The number of hydrogen-bond acceptors (Lipinski definition) is 4. The van der Waals surface area contributed by atoms with Gasteiger partial charge in [-0.05, 0) is 18.2 Å². The molecule has 1 saturated heterocycles. The van der Waals surface area contributed by atoms with Gasteiger partial charge in [0.2, 0.25) is 5.91 Å². The first-order valence-corrected chi connectivity index (χ1v) is 8.40. The molecule has 2 aliphatic rings. The van der Waals surface area contributed by atoms with Crippen molar-refractivity contribution < 1.29 is 23.8 Å². The number of hydrogen-bond donors (Lipinski definition) is 2. The highest BCUT2D eigenvalue weighted by molar-refractivity contribution is 6.06. The van der Waals surface area contributed by atoms with Gasteiger partial charge >= 0.3 is 5.97 Å². The van der Waals surface area contributed by atoms with Crippen molar-refractivity contribution in [2.75, 3.05) is 5.32 Å². The summed E-state index contributed by atoms with van der Waals surface area (Å²) in [5.74, 6) is -2.98. The third-order valence-electron chi connectivity index (χ3n) is 5.13. The molecule has 0 spiro atoms. The number of benzene rings is 2. The maximum absolute atomic E-state index is 12.7. The van der Waals surface area contributed by atoms with Crippen LogP contribution in [-0.4, -0.2) is 29.2 Å². The van der Waals surface area contributed by atoms with Gasteiger partial charge in [0.15, 0.2) is 0 Å². The van der Waals surface area contributed by atoms with Crippen molar-refractivity contribution in [3.63, 3.8) is 0 Å². The van der Waals surface area contributed by atoms with Crippen molar-refractivity contribution in [3.8, 4) is 0 Å². The Hall–Kier alpha value is -3.12. The normalized spacial score (nSPS) is 26.6. The number of rotatable bonds is 3. The molecule has 0 radical (unpaired) electrons. The van der Waals surface area contributed by atoms with E-state index in [1.165, 1.54) is 0 Å². The third-order valence-corrected chi connectivity index (χ3v) is 5.13. The summed E-state index contributed by atoms with van der Waals surface area (Å²) in [6.07, 6.45) is 2.45. The molecule has 2 N–H and O–H groups in total. The fraction of sp³-hybridized carbons (Fsp3) is 0.200. The summed E-state index contributed by atoms with van der Waals surface area (Å²) in [5.41, 5.74) is 2.02. The Morgan fingerprint density at radius 2 is 1.65 bits per heavy atom. The maximum Gasteiger partial charge on any atom is 0.310 e. The smallest absolute Gasteiger partial charge is 0.310 e. The molecule has 6 heteroatoms. The lowest BCUT2D eigenvalue weighted by Crippen LogP contribution is -2.39. The van der Waals surface area contributed by atoms with Crippen molar-refractivity contribution in [3.05, 3.63) is 54.6 Å². The fourth-order valence-corrected chi connectivity index (χ4v) is 3.94. The van der Waals surface area contributed by atoms with Gasteiger partial charge in [-0.2, -0.15) is 0 Å². The quantitative estimate of drug-likeness (QED) is 0.709. The van der Waals surface area contributed by atoms with E-state index in [4.69, 9.17) is 9.15 Å². The number of carboxylic acids is 1. The molecule has 4 atom stereocenters. The highest BCUT2D eigenvalue weighted by atomic mass is 16.5. The summed E-state index contributed by atoms with van der Waals surface area (Å²) in [6.45, 7) is 0. The van der Waals surface area contributed by atoms with Gasteiger partial charge in [0, 0.05) is 22.5 Å². The van der Waals surface area contributed by atoms with E-state index in [1.54, 1.807) is 24.3 Å². The summed E-state index contributed by atoms with van der Waals surface area (Å²) < 4.78 is 11.4. The van der Waals surface area contributed by atoms with Crippen LogP contribution in [0.1, 0.15) is 0 Å². The van der Waals surface area contributed by atoms with Crippen LogP contribution in [0.4, 0.5) is 5.69 Å². The molecule has 1 fully saturated rings. The zero-order valence-electron chi connectivity index (χ0n) is 13.6. The number of fused-ring (bicyclic) bond motifs is 5. The number of amides is 1. The van der Waals surface area contributed by atoms with Crippen LogP contribution in [0.3, 0.4) is 0 Å². The van der Waals surface area contributed by atoms with E-state index in [2.05, 4.69) is 5.32 Å². The van der Waals surface area contributed by atoms with E-state index in [9.17, 15) is 14.7 Å². The van der Waals surface area contributed by atoms with Crippen molar-refractivity contribution in [1.29, 1.82) is 0 Å². The number of para-hydroxylation sites is 1. The molecular weight excluding hydrogens is 334 g/mol. The molecule has 2 bridgehead atoms. The maximum atomic E-state index is 12.7. The molecule has 5 rings (SSSR count). The molecule has 2 aliphatic heterocycles. The lowest BCUT2D eigenvalue weighted by Gasteiger charge is -2.20. The van der Waals surface area contributed by atoms with Crippen molar-refractivity contribution in [2.24, 2.45) is 11.8 Å². The van der Waals surface area contributed by atoms with Gasteiger partial charge in [-0.3, -0.25) is 9.59 Å². The average Bonchev–Trinajstić information content (AvgIpc) is 3.33. The molecule has 1 amide bonds. The molecular formula is C20H15NO5. The van der Waals surface area contributed by atoms with Crippen LogP contribution in [0, 0.1) is 11.8 Å². The second-order valence-electron chi connectivity index (χ2n) is 6.64. The summed E-state index contributed by atoms with van der Waals surface area (Å²) in [5, 5.41) is 14.2. The number of ether oxygens (including phenoxy) is 1. The first-order chi connectivity index (χ1) is 12.6. The van der Waals surface area contributed by atoms with Crippen molar-refractivity contribution in [1.82, 2.24) is 0 Å². The largest absolute Gasteiger partial charge is 0.481 e. The summed E-state index contributed by atoms with van der Waals surface area (Å²) in [6, 6.07) is 13.2. The Bertz CT molecular complexity index is 1080. The van der Waals surface area contributed by atoms with Gasteiger partial charge in [-0.25, -0.2) is 0 Å². The second kappa shape index (κ2) is 5.44. The molecule has 0 unspecified atom stereocenters. The Labute approximate surface area is 148 Å². The highest BCUT2D eigenvalue weighted by Gasteiger charge is 2.53. The van der Waals surface area contributed by atoms with Gasteiger partial charge < -0.3 is 19.6 Å². The van der Waals surface area contributed by atoms with E-state index in [-0.39, 0.29) is 5.91 Å². The van der Waals surface area contributed by atoms with Crippen LogP contribution in [0.25, 0.3) is 21.9 Å². The predicted molar refractivity (Wildman–Crippen MR) is 94.8 cm³/mol. The SMILES string of the molecule is O=C(Nc1ccc2c(c1)oc1ccccc12)[C@@H]1[C@@H](C(=O)O)[C@H]2C=C[C@@H]1O2. The van der Waals surface area contributed by atoms with Gasteiger partial charge in [-0.1, -0.05) is 30.4 Å². The summed E-state index contributed by atoms with van der Waals surface area (Å²) >= 11 is 0. The summed E-state index contributed by atoms with van der Waals surface area (Å²) in [4.78, 5) is 24.2. The average molecular weight is 349 g/mol. The van der Waals surface area contributed by atoms with Crippen LogP contribution in [0.15, 0.2) is 59.0 Å². The fourth-order valence-electron chi connectivity index (χ4n) is 3.94. The van der Waals surface area contributed by atoms with Crippen LogP contribution < -0.4 is 5.32 Å². The second-order valence-corrected chi connectivity index (χ2v) is 6.64. The Balaban J connectivity index is 1.45. The topological polar surface area (TPSA) is 88.8 Å². The van der Waals surface area contributed by atoms with Crippen LogP contribution >= 0.6 is 0 Å². The number of furan rings is 1. The first kappa shape index (κ1) is 15.2. The Morgan fingerprint density at radius 1 is 0.923 bits per heavy atom. The number of nitrogens with one attached hydrogen (secondary N) is 1. The highest BCUT2D eigenvalue weighted by Crippen LogP contribution is 2.40. The Morgan fingerprint density at radius 3 is 2.46 bits per heavy atom. The number of carboxylic acid groups (broad SMARTS) is 1. The van der Waals surface area contributed by atoms with Gasteiger partial charge in [0.05, 0.1) is 18.1 Å². The number of carbonyl (C=O) groups excluding carboxylic acids is 1. The van der Waals surface area contributed by atoms with Crippen LogP contribution in [0.5, 0.6) is 0 Å². The molecule has 26 heavy (non-hydrogen) atoms. The molecule has 3 heterocycles.